The minimum absolute atomic E-state index is 0.0511. The maximum atomic E-state index is 11.4. The van der Waals surface area contributed by atoms with Crippen LogP contribution in [-0.4, -0.2) is 29.4 Å². The third kappa shape index (κ3) is 4.93. The first-order valence-corrected chi connectivity index (χ1v) is 9.52. The lowest BCUT2D eigenvalue weighted by molar-refractivity contribution is -0.200. The minimum atomic E-state index is -0.996. The molecule has 2 aromatic rings. The Morgan fingerprint density at radius 3 is 2.46 bits per heavy atom. The molecule has 0 aromatic heterocycles. The van der Waals surface area contributed by atoms with Gasteiger partial charge >= 0.3 is 5.97 Å². The summed E-state index contributed by atoms with van der Waals surface area (Å²) in [6.07, 6.45) is 1.12. The van der Waals surface area contributed by atoms with Crippen molar-refractivity contribution in [3.8, 4) is 5.75 Å². The Morgan fingerprint density at radius 2 is 1.82 bits per heavy atom. The minimum Gasteiger partial charge on any atom is -0.507 e. The Bertz CT molecular complexity index is 856. The molecule has 1 aliphatic heterocycles. The number of aromatic hydroxyl groups is 1. The van der Waals surface area contributed by atoms with Crippen LogP contribution in [0.25, 0.3) is 0 Å². The zero-order valence-corrected chi connectivity index (χ0v) is 16.3. The summed E-state index contributed by atoms with van der Waals surface area (Å²) in [5.74, 6) is -1.01. The SMILES string of the molecule is C[C@H](C/C(=C\C(=O)O)C1COC(c2ccccc2O)OC1)c1ccccc1Cl. The van der Waals surface area contributed by atoms with Gasteiger partial charge in [0.15, 0.2) is 6.29 Å². The van der Waals surface area contributed by atoms with Crippen LogP contribution < -0.4 is 0 Å². The van der Waals surface area contributed by atoms with Gasteiger partial charge in [0, 0.05) is 22.6 Å². The number of ether oxygens (including phenoxy) is 2. The lowest BCUT2D eigenvalue weighted by Gasteiger charge is -2.32. The molecule has 2 N–H and O–H groups in total. The molecule has 1 aliphatic rings. The number of carboxylic acid groups (broad SMARTS) is 1. The highest BCUT2D eigenvalue weighted by atomic mass is 35.5. The topological polar surface area (TPSA) is 76.0 Å². The standard InChI is InChI=1S/C22H23ClO5/c1-14(17-6-2-4-8-19(17)23)10-15(11-21(25)26)16-12-27-22(28-13-16)18-7-3-5-9-20(18)24/h2-9,11,14,16,22,24H,10,12-13H2,1H3,(H,25,26)/b15-11+/t14-,16?,22?/m1/s1. The van der Waals surface area contributed by atoms with E-state index in [2.05, 4.69) is 0 Å². The van der Waals surface area contributed by atoms with Crippen molar-refractivity contribution in [2.24, 2.45) is 5.92 Å². The van der Waals surface area contributed by atoms with Gasteiger partial charge in [0.1, 0.15) is 5.75 Å². The molecular weight excluding hydrogens is 380 g/mol. The van der Waals surface area contributed by atoms with Crippen LogP contribution in [0, 0.1) is 5.92 Å². The van der Waals surface area contributed by atoms with Crippen molar-refractivity contribution in [1.29, 1.82) is 0 Å². The van der Waals surface area contributed by atoms with Gasteiger partial charge in [-0.25, -0.2) is 4.79 Å². The summed E-state index contributed by atoms with van der Waals surface area (Å²) in [6, 6.07) is 14.4. The van der Waals surface area contributed by atoms with Crippen LogP contribution in [0.2, 0.25) is 5.02 Å². The fourth-order valence-corrected chi connectivity index (χ4v) is 3.75. The largest absolute Gasteiger partial charge is 0.507 e. The van der Waals surface area contributed by atoms with Gasteiger partial charge in [0.25, 0.3) is 0 Å². The predicted molar refractivity (Wildman–Crippen MR) is 106 cm³/mol. The second kappa shape index (κ2) is 9.24. The summed E-state index contributed by atoms with van der Waals surface area (Å²) in [7, 11) is 0. The molecule has 0 unspecified atom stereocenters. The Morgan fingerprint density at radius 1 is 1.18 bits per heavy atom. The van der Waals surface area contributed by atoms with Crippen molar-refractivity contribution >= 4 is 17.6 Å². The molecule has 1 saturated heterocycles. The van der Waals surface area contributed by atoms with Crippen LogP contribution in [0.4, 0.5) is 0 Å². The second-order valence-corrected chi connectivity index (χ2v) is 7.35. The van der Waals surface area contributed by atoms with Crippen molar-refractivity contribution in [2.45, 2.75) is 25.6 Å². The predicted octanol–water partition coefficient (Wildman–Crippen LogP) is 4.91. The van der Waals surface area contributed by atoms with Crippen LogP contribution in [0.1, 0.15) is 36.7 Å². The second-order valence-electron chi connectivity index (χ2n) is 6.94. The highest BCUT2D eigenvalue weighted by Gasteiger charge is 2.29. The Labute approximate surface area is 169 Å². The third-order valence-corrected chi connectivity index (χ3v) is 5.24. The molecule has 1 fully saturated rings. The first-order valence-electron chi connectivity index (χ1n) is 9.14. The molecule has 148 valence electrons. The molecule has 3 rings (SSSR count). The van der Waals surface area contributed by atoms with E-state index in [0.29, 0.717) is 30.2 Å². The highest BCUT2D eigenvalue weighted by molar-refractivity contribution is 6.31. The number of hydrogen-bond acceptors (Lipinski definition) is 4. The van der Waals surface area contributed by atoms with Crippen LogP contribution >= 0.6 is 11.6 Å². The van der Waals surface area contributed by atoms with E-state index in [9.17, 15) is 15.0 Å². The lowest BCUT2D eigenvalue weighted by Crippen LogP contribution is -2.29. The molecule has 2 aromatic carbocycles. The average Bonchev–Trinajstić information content (AvgIpc) is 2.68. The van der Waals surface area contributed by atoms with Crippen molar-refractivity contribution < 1.29 is 24.5 Å². The number of aliphatic carboxylic acids is 1. The van der Waals surface area contributed by atoms with Gasteiger partial charge in [-0.3, -0.25) is 0 Å². The molecule has 5 nitrogen and oxygen atoms in total. The smallest absolute Gasteiger partial charge is 0.328 e. The first-order chi connectivity index (χ1) is 13.5. The van der Waals surface area contributed by atoms with Crippen LogP contribution in [0.3, 0.4) is 0 Å². The van der Waals surface area contributed by atoms with E-state index >= 15 is 0 Å². The molecule has 0 spiro atoms. The maximum absolute atomic E-state index is 11.4. The zero-order valence-electron chi connectivity index (χ0n) is 15.5. The maximum Gasteiger partial charge on any atom is 0.328 e. The van der Waals surface area contributed by atoms with Crippen molar-refractivity contribution in [1.82, 2.24) is 0 Å². The molecule has 0 aliphatic carbocycles. The van der Waals surface area contributed by atoms with Gasteiger partial charge in [-0.2, -0.15) is 0 Å². The Hall–Kier alpha value is -2.34. The Kier molecular flexibility index (Phi) is 6.73. The zero-order chi connectivity index (χ0) is 20.1. The fourth-order valence-electron chi connectivity index (χ4n) is 3.42. The average molecular weight is 403 g/mol. The number of benzene rings is 2. The summed E-state index contributed by atoms with van der Waals surface area (Å²) >= 11 is 6.29. The first kappa shape index (κ1) is 20.4. The number of phenolic OH excluding ortho intramolecular Hbond substituents is 1. The quantitative estimate of drug-likeness (QED) is 0.671. The number of para-hydroxylation sites is 1. The van der Waals surface area contributed by atoms with Crippen molar-refractivity contribution in [3.63, 3.8) is 0 Å². The van der Waals surface area contributed by atoms with Gasteiger partial charge < -0.3 is 19.7 Å². The van der Waals surface area contributed by atoms with Gasteiger partial charge in [-0.05, 0) is 30.0 Å². The van der Waals surface area contributed by atoms with Crippen LogP contribution in [0.5, 0.6) is 5.75 Å². The molecular formula is C22H23ClO5. The molecule has 28 heavy (non-hydrogen) atoms. The summed E-state index contributed by atoms with van der Waals surface area (Å²) in [5, 5.41) is 19.9. The molecule has 0 radical (unpaired) electrons. The molecule has 0 bridgehead atoms. The number of carbonyl (C=O) groups is 1. The van der Waals surface area contributed by atoms with E-state index in [4.69, 9.17) is 21.1 Å². The van der Waals surface area contributed by atoms with E-state index < -0.39 is 12.3 Å². The summed E-state index contributed by atoms with van der Waals surface area (Å²) in [5.41, 5.74) is 2.29. The van der Waals surface area contributed by atoms with Gasteiger partial charge in [0.05, 0.1) is 13.2 Å². The van der Waals surface area contributed by atoms with E-state index in [1.165, 1.54) is 6.08 Å². The van der Waals surface area contributed by atoms with Crippen LogP contribution in [0.15, 0.2) is 60.2 Å². The van der Waals surface area contributed by atoms with E-state index in [1.54, 1.807) is 24.3 Å². The molecule has 0 amide bonds. The van der Waals surface area contributed by atoms with E-state index in [-0.39, 0.29) is 17.6 Å². The lowest BCUT2D eigenvalue weighted by atomic mass is 9.87. The number of phenols is 1. The van der Waals surface area contributed by atoms with E-state index in [1.807, 2.05) is 31.2 Å². The van der Waals surface area contributed by atoms with Gasteiger partial charge in [0.2, 0.25) is 0 Å². The summed E-state index contributed by atoms with van der Waals surface area (Å²) in [4.78, 5) is 11.4. The molecule has 0 saturated carbocycles. The normalized spacial score (nSPS) is 21.3. The van der Waals surface area contributed by atoms with E-state index in [0.717, 1.165) is 11.1 Å². The molecule has 1 heterocycles. The summed E-state index contributed by atoms with van der Waals surface area (Å²) < 4.78 is 11.6. The van der Waals surface area contributed by atoms with Gasteiger partial charge in [-0.1, -0.05) is 60.5 Å². The Balaban J connectivity index is 1.71. The van der Waals surface area contributed by atoms with Gasteiger partial charge in [-0.15, -0.1) is 0 Å². The number of hydrogen-bond donors (Lipinski definition) is 2. The molecule has 1 atom stereocenters. The van der Waals surface area contributed by atoms with Crippen molar-refractivity contribution in [2.75, 3.05) is 13.2 Å². The monoisotopic (exact) mass is 402 g/mol. The third-order valence-electron chi connectivity index (χ3n) is 4.90. The number of carboxylic acids is 1. The van der Waals surface area contributed by atoms with Crippen molar-refractivity contribution in [3.05, 3.63) is 76.3 Å². The molecule has 6 heteroatoms. The fraction of sp³-hybridized carbons (Fsp3) is 0.318. The highest BCUT2D eigenvalue weighted by Crippen LogP contribution is 2.36. The number of halogens is 1. The summed E-state index contributed by atoms with van der Waals surface area (Å²) in [6.45, 7) is 2.65. The number of rotatable bonds is 6. The van der Waals surface area contributed by atoms with Crippen LogP contribution in [-0.2, 0) is 14.3 Å².